The first kappa shape index (κ1) is 12.2. The van der Waals surface area contributed by atoms with Gasteiger partial charge in [-0.15, -0.1) is 0 Å². The third kappa shape index (κ3) is 3.70. The molecular formula is C11H14N2O3. The number of hydrogen-bond acceptors (Lipinski definition) is 3. The van der Waals surface area contributed by atoms with Crippen LogP contribution in [-0.4, -0.2) is 17.0 Å². The van der Waals surface area contributed by atoms with E-state index in [1.165, 1.54) is 6.92 Å². The molecule has 0 radical (unpaired) electrons. The molecule has 0 aromatic heterocycles. The summed E-state index contributed by atoms with van der Waals surface area (Å²) in [5, 5.41) is 11.2. The van der Waals surface area contributed by atoms with Crippen molar-refractivity contribution in [3.05, 3.63) is 29.8 Å². The third-order valence-electron chi connectivity index (χ3n) is 2.05. The maximum atomic E-state index is 10.8. The van der Waals surface area contributed by atoms with Crippen LogP contribution >= 0.6 is 0 Å². The number of aliphatic carboxylic acids is 1. The van der Waals surface area contributed by atoms with Gasteiger partial charge in [0.2, 0.25) is 5.91 Å². The first-order chi connectivity index (χ1) is 7.49. The van der Waals surface area contributed by atoms with Crippen LogP contribution in [0.15, 0.2) is 24.3 Å². The molecule has 5 nitrogen and oxygen atoms in total. The molecule has 0 saturated heterocycles. The summed E-state index contributed by atoms with van der Waals surface area (Å²) in [5.41, 5.74) is 7.08. The Kier molecular flexibility index (Phi) is 4.02. The van der Waals surface area contributed by atoms with Gasteiger partial charge in [0.15, 0.2) is 0 Å². The Balaban J connectivity index is 2.70. The van der Waals surface area contributed by atoms with Crippen molar-refractivity contribution in [2.24, 2.45) is 5.73 Å². The van der Waals surface area contributed by atoms with Crippen molar-refractivity contribution in [3.63, 3.8) is 0 Å². The molecule has 4 N–H and O–H groups in total. The largest absolute Gasteiger partial charge is 0.481 e. The molecule has 1 amide bonds. The molecule has 86 valence electrons. The van der Waals surface area contributed by atoms with Crippen molar-refractivity contribution in [1.82, 2.24) is 0 Å². The van der Waals surface area contributed by atoms with Gasteiger partial charge in [-0.2, -0.15) is 0 Å². The fourth-order valence-corrected chi connectivity index (χ4v) is 1.32. The van der Waals surface area contributed by atoms with E-state index in [4.69, 9.17) is 10.8 Å². The first-order valence-electron chi connectivity index (χ1n) is 4.84. The highest BCUT2D eigenvalue weighted by Crippen LogP contribution is 2.17. The van der Waals surface area contributed by atoms with Gasteiger partial charge >= 0.3 is 5.97 Å². The minimum Gasteiger partial charge on any atom is -0.481 e. The van der Waals surface area contributed by atoms with Crippen molar-refractivity contribution in [3.8, 4) is 0 Å². The first-order valence-corrected chi connectivity index (χ1v) is 4.84. The topological polar surface area (TPSA) is 92.4 Å². The second-order valence-corrected chi connectivity index (χ2v) is 3.51. The van der Waals surface area contributed by atoms with Gasteiger partial charge < -0.3 is 16.2 Å². The molecule has 16 heavy (non-hydrogen) atoms. The van der Waals surface area contributed by atoms with Gasteiger partial charge in [-0.25, -0.2) is 0 Å². The van der Waals surface area contributed by atoms with Crippen molar-refractivity contribution in [2.75, 3.05) is 5.32 Å². The number of anilines is 1. The third-order valence-corrected chi connectivity index (χ3v) is 2.05. The van der Waals surface area contributed by atoms with E-state index >= 15 is 0 Å². The number of benzene rings is 1. The Morgan fingerprint density at radius 1 is 1.38 bits per heavy atom. The second-order valence-electron chi connectivity index (χ2n) is 3.51. The van der Waals surface area contributed by atoms with Crippen LogP contribution in [0.25, 0.3) is 0 Å². The van der Waals surface area contributed by atoms with Gasteiger partial charge in [0.25, 0.3) is 0 Å². The molecule has 0 heterocycles. The zero-order valence-corrected chi connectivity index (χ0v) is 8.93. The van der Waals surface area contributed by atoms with E-state index in [-0.39, 0.29) is 12.3 Å². The van der Waals surface area contributed by atoms with Gasteiger partial charge in [0.1, 0.15) is 0 Å². The highest BCUT2D eigenvalue weighted by atomic mass is 16.4. The summed E-state index contributed by atoms with van der Waals surface area (Å²) < 4.78 is 0. The molecule has 0 saturated carbocycles. The van der Waals surface area contributed by atoms with Gasteiger partial charge in [-0.05, 0) is 17.7 Å². The quantitative estimate of drug-likeness (QED) is 0.711. The molecule has 1 unspecified atom stereocenters. The van der Waals surface area contributed by atoms with E-state index in [2.05, 4.69) is 5.32 Å². The van der Waals surface area contributed by atoms with Crippen molar-refractivity contribution in [1.29, 1.82) is 0 Å². The maximum Gasteiger partial charge on any atom is 0.305 e. The number of nitrogens with one attached hydrogen (secondary N) is 1. The normalized spacial score (nSPS) is 11.9. The summed E-state index contributed by atoms with van der Waals surface area (Å²) in [4.78, 5) is 21.2. The van der Waals surface area contributed by atoms with Crippen LogP contribution in [0.4, 0.5) is 5.69 Å². The Hall–Kier alpha value is -1.88. The number of carboxylic acids is 1. The Bertz CT molecular complexity index is 387. The fourth-order valence-electron chi connectivity index (χ4n) is 1.32. The lowest BCUT2D eigenvalue weighted by Crippen LogP contribution is -2.15. The van der Waals surface area contributed by atoms with E-state index in [0.29, 0.717) is 5.69 Å². The molecule has 0 aliphatic heterocycles. The zero-order valence-electron chi connectivity index (χ0n) is 8.93. The van der Waals surface area contributed by atoms with Gasteiger partial charge in [-0.3, -0.25) is 9.59 Å². The van der Waals surface area contributed by atoms with E-state index in [9.17, 15) is 9.59 Å². The molecule has 1 aromatic rings. The number of nitrogens with two attached hydrogens (primary N) is 1. The molecule has 0 aliphatic carbocycles. The molecule has 1 rings (SSSR count). The Morgan fingerprint density at radius 3 is 2.38 bits per heavy atom. The summed E-state index contributed by atoms with van der Waals surface area (Å²) in [6.07, 6.45) is -0.112. The predicted octanol–water partition coefficient (Wildman–Crippen LogP) is 1.12. The van der Waals surface area contributed by atoms with Crippen LogP contribution in [0.1, 0.15) is 24.9 Å². The average molecular weight is 222 g/mol. The highest BCUT2D eigenvalue weighted by molar-refractivity contribution is 5.88. The maximum absolute atomic E-state index is 10.8. The van der Waals surface area contributed by atoms with Gasteiger partial charge in [0.05, 0.1) is 6.42 Å². The Morgan fingerprint density at radius 2 is 1.94 bits per heavy atom. The minimum atomic E-state index is -0.932. The summed E-state index contributed by atoms with van der Waals surface area (Å²) in [5.74, 6) is -1.08. The SMILES string of the molecule is CC(=O)Nc1ccc(C(N)CC(=O)O)cc1. The van der Waals surface area contributed by atoms with E-state index < -0.39 is 12.0 Å². The number of carboxylic acid groups (broad SMARTS) is 1. The second kappa shape index (κ2) is 5.27. The number of carbonyl (C=O) groups excluding carboxylic acids is 1. The lowest BCUT2D eigenvalue weighted by molar-refractivity contribution is -0.137. The van der Waals surface area contributed by atoms with Crippen LogP contribution < -0.4 is 11.1 Å². The molecular weight excluding hydrogens is 208 g/mol. The van der Waals surface area contributed by atoms with Gasteiger partial charge in [0, 0.05) is 18.7 Å². The molecule has 1 aromatic carbocycles. The standard InChI is InChI=1S/C11H14N2O3/c1-7(14)13-9-4-2-8(3-5-9)10(12)6-11(15)16/h2-5,10H,6,12H2,1H3,(H,13,14)(H,15,16). The molecule has 0 bridgehead atoms. The van der Waals surface area contributed by atoms with E-state index in [1.54, 1.807) is 24.3 Å². The monoisotopic (exact) mass is 222 g/mol. The lowest BCUT2D eigenvalue weighted by Gasteiger charge is -2.10. The molecule has 1 atom stereocenters. The number of hydrogen-bond donors (Lipinski definition) is 3. The lowest BCUT2D eigenvalue weighted by atomic mass is 10.0. The number of amides is 1. The minimum absolute atomic E-state index is 0.112. The van der Waals surface area contributed by atoms with Gasteiger partial charge in [-0.1, -0.05) is 12.1 Å². The molecule has 0 fully saturated rings. The zero-order chi connectivity index (χ0) is 12.1. The summed E-state index contributed by atoms with van der Waals surface area (Å²) >= 11 is 0. The average Bonchev–Trinajstić information content (AvgIpc) is 2.16. The van der Waals surface area contributed by atoms with Crippen LogP contribution in [0.3, 0.4) is 0 Å². The van der Waals surface area contributed by atoms with Crippen molar-refractivity contribution >= 4 is 17.6 Å². The van der Waals surface area contributed by atoms with E-state index in [1.807, 2.05) is 0 Å². The smallest absolute Gasteiger partial charge is 0.305 e. The summed E-state index contributed by atoms with van der Waals surface area (Å²) in [6, 6.07) is 6.28. The number of carbonyl (C=O) groups is 2. The molecule has 0 aliphatic rings. The Labute approximate surface area is 93.3 Å². The van der Waals surface area contributed by atoms with Crippen LogP contribution in [0.5, 0.6) is 0 Å². The van der Waals surface area contributed by atoms with Crippen molar-refractivity contribution < 1.29 is 14.7 Å². The highest BCUT2D eigenvalue weighted by Gasteiger charge is 2.10. The fraction of sp³-hybridized carbons (Fsp3) is 0.273. The predicted molar refractivity (Wildman–Crippen MR) is 59.9 cm³/mol. The molecule has 0 spiro atoms. The van der Waals surface area contributed by atoms with E-state index in [0.717, 1.165) is 5.56 Å². The van der Waals surface area contributed by atoms with Crippen LogP contribution in [0, 0.1) is 0 Å². The molecule has 5 heteroatoms. The number of rotatable bonds is 4. The van der Waals surface area contributed by atoms with Crippen molar-refractivity contribution in [2.45, 2.75) is 19.4 Å². The summed E-state index contributed by atoms with van der Waals surface area (Å²) in [7, 11) is 0. The summed E-state index contributed by atoms with van der Waals surface area (Å²) in [6.45, 7) is 1.42. The van der Waals surface area contributed by atoms with Crippen LogP contribution in [-0.2, 0) is 9.59 Å². The van der Waals surface area contributed by atoms with Crippen LogP contribution in [0.2, 0.25) is 0 Å².